The third-order valence-corrected chi connectivity index (χ3v) is 7.28. The molecule has 4 bridgehead atoms. The molecule has 4 aliphatic rings. The number of fused-ring (bicyclic) bond motifs is 1. The highest BCUT2D eigenvalue weighted by Gasteiger charge is 2.51. The molecule has 0 aromatic carbocycles. The fourth-order valence-electron chi connectivity index (χ4n) is 6.56. The molecule has 4 aliphatic carbocycles. The van der Waals surface area contributed by atoms with E-state index in [2.05, 4.69) is 15.6 Å². The van der Waals surface area contributed by atoms with Gasteiger partial charge in [0.25, 0.3) is 0 Å². The predicted molar refractivity (Wildman–Crippen MR) is 110 cm³/mol. The number of rotatable bonds is 6. The number of aromatic nitrogens is 2. The second-order valence-corrected chi connectivity index (χ2v) is 9.85. The van der Waals surface area contributed by atoms with Gasteiger partial charge in [0.15, 0.2) is 0 Å². The number of pyridine rings is 1. The smallest absolute Gasteiger partial charge is 0.239 e. The van der Waals surface area contributed by atoms with Crippen molar-refractivity contribution >= 4 is 17.5 Å². The van der Waals surface area contributed by atoms with Crippen molar-refractivity contribution in [2.24, 2.45) is 23.2 Å². The van der Waals surface area contributed by atoms with Crippen molar-refractivity contribution in [1.29, 1.82) is 0 Å². The quantitative estimate of drug-likeness (QED) is 0.791. The Morgan fingerprint density at radius 3 is 2.48 bits per heavy atom. The third kappa shape index (κ3) is 3.89. The van der Waals surface area contributed by atoms with E-state index < -0.39 is 0 Å². The Balaban J connectivity index is 1.09. The molecule has 154 valence electrons. The summed E-state index contributed by atoms with van der Waals surface area (Å²) < 4.78 is 1.95. The average molecular weight is 395 g/mol. The van der Waals surface area contributed by atoms with Gasteiger partial charge in [-0.1, -0.05) is 0 Å². The predicted octanol–water partition coefficient (Wildman–Crippen LogP) is 2.98. The lowest BCUT2D eigenvalue weighted by Gasteiger charge is -2.56. The van der Waals surface area contributed by atoms with Gasteiger partial charge in [-0.25, -0.2) is 4.98 Å². The number of imidazole rings is 1. The largest absolute Gasteiger partial charge is 0.349 e. The third-order valence-electron chi connectivity index (χ3n) is 7.28. The first-order valence-corrected chi connectivity index (χ1v) is 10.9. The first-order valence-electron chi connectivity index (χ1n) is 10.9. The first-order chi connectivity index (χ1) is 14.0. The van der Waals surface area contributed by atoms with Crippen molar-refractivity contribution in [3.05, 3.63) is 35.8 Å². The second kappa shape index (κ2) is 7.15. The molecular weight excluding hydrogens is 364 g/mol. The van der Waals surface area contributed by atoms with Gasteiger partial charge in [-0.05, 0) is 86.3 Å². The number of aryl methyl sites for hydroxylation is 1. The van der Waals surface area contributed by atoms with Crippen molar-refractivity contribution < 1.29 is 9.59 Å². The zero-order valence-electron chi connectivity index (χ0n) is 17.1. The summed E-state index contributed by atoms with van der Waals surface area (Å²) in [5.74, 6) is 2.38. The van der Waals surface area contributed by atoms with Gasteiger partial charge in [0, 0.05) is 18.8 Å². The number of amides is 2. The molecule has 0 unspecified atom stereocenters. The fourth-order valence-corrected chi connectivity index (χ4v) is 6.56. The zero-order chi connectivity index (χ0) is 20.0. The molecule has 0 spiro atoms. The highest BCUT2D eigenvalue weighted by Crippen LogP contribution is 2.61. The average Bonchev–Trinajstić information content (AvgIpc) is 3.05. The molecule has 6 rings (SSSR count). The van der Waals surface area contributed by atoms with Gasteiger partial charge in [-0.15, -0.1) is 0 Å². The van der Waals surface area contributed by atoms with Gasteiger partial charge in [0.2, 0.25) is 11.8 Å². The number of carbonyl (C=O) groups excluding carboxylic acids is 2. The summed E-state index contributed by atoms with van der Waals surface area (Å²) in [7, 11) is 0. The summed E-state index contributed by atoms with van der Waals surface area (Å²) in [5, 5.41) is 5.71. The molecule has 0 atom stereocenters. The van der Waals surface area contributed by atoms with E-state index in [-0.39, 0.29) is 23.8 Å². The molecule has 2 N–H and O–H groups in total. The van der Waals surface area contributed by atoms with Gasteiger partial charge >= 0.3 is 0 Å². The summed E-state index contributed by atoms with van der Waals surface area (Å²) in [5.41, 5.74) is 3.05. The topological polar surface area (TPSA) is 75.5 Å². The molecule has 2 amide bonds. The van der Waals surface area contributed by atoms with Gasteiger partial charge in [0.1, 0.15) is 5.65 Å². The molecule has 2 heterocycles. The highest BCUT2D eigenvalue weighted by atomic mass is 16.2. The first kappa shape index (κ1) is 18.6. The summed E-state index contributed by atoms with van der Waals surface area (Å²) >= 11 is 0. The van der Waals surface area contributed by atoms with Crippen LogP contribution in [0.5, 0.6) is 0 Å². The maximum Gasteiger partial charge on any atom is 0.239 e. The van der Waals surface area contributed by atoms with Crippen molar-refractivity contribution in [2.45, 2.75) is 58.4 Å². The van der Waals surface area contributed by atoms with Crippen LogP contribution in [0.4, 0.5) is 0 Å². The van der Waals surface area contributed by atoms with Crippen LogP contribution < -0.4 is 10.6 Å². The Hall–Kier alpha value is -2.37. The maximum atomic E-state index is 12.5. The van der Waals surface area contributed by atoms with Crippen molar-refractivity contribution in [1.82, 2.24) is 20.0 Å². The molecular formula is C23H30N4O2. The molecule has 6 nitrogen and oxygen atoms in total. The van der Waals surface area contributed by atoms with Crippen molar-refractivity contribution in [2.75, 3.05) is 6.54 Å². The van der Waals surface area contributed by atoms with E-state index in [1.165, 1.54) is 38.5 Å². The van der Waals surface area contributed by atoms with Crippen molar-refractivity contribution in [3.8, 4) is 0 Å². The monoisotopic (exact) mass is 394 g/mol. The second-order valence-electron chi connectivity index (χ2n) is 9.85. The zero-order valence-corrected chi connectivity index (χ0v) is 17.1. The lowest BCUT2D eigenvalue weighted by Crippen LogP contribution is -2.48. The Labute approximate surface area is 171 Å². The van der Waals surface area contributed by atoms with Gasteiger partial charge in [-0.2, -0.15) is 0 Å². The van der Waals surface area contributed by atoms with Crippen LogP contribution in [0.2, 0.25) is 0 Å². The number of nitrogens with one attached hydrogen (secondary N) is 2. The molecule has 2 aromatic heterocycles. The van der Waals surface area contributed by atoms with Gasteiger partial charge < -0.3 is 15.0 Å². The van der Waals surface area contributed by atoms with E-state index in [1.54, 1.807) is 0 Å². The van der Waals surface area contributed by atoms with Gasteiger partial charge in [-0.3, -0.25) is 9.59 Å². The Kier molecular flexibility index (Phi) is 4.60. The minimum absolute atomic E-state index is 0.0327. The van der Waals surface area contributed by atoms with E-state index in [1.807, 2.05) is 35.9 Å². The molecule has 2 aromatic rings. The maximum absolute atomic E-state index is 12.5. The van der Waals surface area contributed by atoms with Crippen LogP contribution in [0.1, 0.15) is 56.2 Å². The number of hydrogen-bond donors (Lipinski definition) is 2. The molecule has 6 heteroatoms. The summed E-state index contributed by atoms with van der Waals surface area (Å²) in [6, 6.07) is 4.03. The number of carbonyl (C=O) groups is 2. The molecule has 0 aliphatic heterocycles. The SMILES string of the molecule is Cc1ccn2cc(CNC(=O)CNC(=O)CC34CC5CC(CC(C5)C3)C4)nc2c1. The van der Waals surface area contributed by atoms with E-state index in [4.69, 9.17) is 0 Å². The molecule has 0 radical (unpaired) electrons. The number of nitrogens with zero attached hydrogens (tertiary/aromatic N) is 2. The van der Waals surface area contributed by atoms with Crippen LogP contribution >= 0.6 is 0 Å². The Bertz CT molecular complexity index is 912. The van der Waals surface area contributed by atoms with E-state index in [0.717, 1.165) is 34.7 Å². The molecule has 0 saturated heterocycles. The lowest BCUT2D eigenvalue weighted by atomic mass is 9.49. The Morgan fingerprint density at radius 1 is 1.10 bits per heavy atom. The van der Waals surface area contributed by atoms with Crippen molar-refractivity contribution in [3.63, 3.8) is 0 Å². The minimum atomic E-state index is -0.169. The highest BCUT2D eigenvalue weighted by molar-refractivity contribution is 5.84. The van der Waals surface area contributed by atoms with Crippen LogP contribution in [0, 0.1) is 30.1 Å². The fraction of sp³-hybridized carbons (Fsp3) is 0.609. The lowest BCUT2D eigenvalue weighted by molar-refractivity contribution is -0.131. The Morgan fingerprint density at radius 2 is 1.79 bits per heavy atom. The van der Waals surface area contributed by atoms with Crippen LogP contribution in [0.3, 0.4) is 0 Å². The molecule has 4 fully saturated rings. The van der Waals surface area contributed by atoms with Crippen LogP contribution in [0.15, 0.2) is 24.5 Å². The standard InChI is InChI=1S/C23H30N4O2/c1-15-2-3-27-14-19(26-20(27)4-15)12-24-22(29)13-25-21(28)11-23-8-16-5-17(9-23)7-18(6-16)10-23/h2-4,14,16-18H,5-13H2,1H3,(H,24,29)(H,25,28). The minimum Gasteiger partial charge on any atom is -0.349 e. The van der Waals surface area contributed by atoms with Crippen LogP contribution in [-0.4, -0.2) is 27.7 Å². The molecule has 4 saturated carbocycles. The molecule has 29 heavy (non-hydrogen) atoms. The van der Waals surface area contributed by atoms with Gasteiger partial charge in [0.05, 0.1) is 18.8 Å². The van der Waals surface area contributed by atoms with E-state index in [9.17, 15) is 9.59 Å². The van der Waals surface area contributed by atoms with E-state index in [0.29, 0.717) is 13.0 Å². The summed E-state index contributed by atoms with van der Waals surface area (Å²) in [6.45, 7) is 2.43. The number of hydrogen-bond acceptors (Lipinski definition) is 3. The van der Waals surface area contributed by atoms with Crippen LogP contribution in [0.25, 0.3) is 5.65 Å². The summed E-state index contributed by atoms with van der Waals surface area (Å²) in [4.78, 5) is 29.3. The van der Waals surface area contributed by atoms with Crippen LogP contribution in [-0.2, 0) is 16.1 Å². The normalized spacial score (nSPS) is 29.9. The van der Waals surface area contributed by atoms with E-state index >= 15 is 0 Å². The summed E-state index contributed by atoms with van der Waals surface area (Å²) in [6.07, 6.45) is 12.3.